The van der Waals surface area contributed by atoms with E-state index in [4.69, 9.17) is 0 Å². The Morgan fingerprint density at radius 2 is 0.961 bits per heavy atom. The molecule has 2 aliphatic heterocycles. The SMILES string of the molecule is O=c1cc2n(cc1O)CC(Cc1ccccc1)N(Cc1ccccc1)C2.O=c1cc2n(cc1O)CC(c1ccccc1)N(Cc1ccccc1)C2. The first kappa shape index (κ1) is 33.8. The summed E-state index contributed by atoms with van der Waals surface area (Å²) in [6.45, 7) is 4.49. The zero-order valence-electron chi connectivity index (χ0n) is 28.5. The fraction of sp³-hybridized carbons (Fsp3) is 0.209. The fourth-order valence-corrected chi connectivity index (χ4v) is 7.18. The van der Waals surface area contributed by atoms with Crippen molar-refractivity contribution in [2.75, 3.05) is 0 Å². The van der Waals surface area contributed by atoms with E-state index in [1.165, 1.54) is 22.3 Å². The molecule has 258 valence electrons. The second kappa shape index (κ2) is 15.5. The molecule has 0 radical (unpaired) electrons. The average molecular weight is 679 g/mol. The molecular weight excluding hydrogens is 636 g/mol. The van der Waals surface area contributed by atoms with Crippen LogP contribution in [0.4, 0.5) is 0 Å². The van der Waals surface area contributed by atoms with Crippen LogP contribution in [0.3, 0.4) is 0 Å². The first-order valence-electron chi connectivity index (χ1n) is 17.4. The number of rotatable bonds is 7. The van der Waals surface area contributed by atoms with Crippen molar-refractivity contribution in [1.82, 2.24) is 18.9 Å². The van der Waals surface area contributed by atoms with E-state index in [1.54, 1.807) is 24.5 Å². The lowest BCUT2D eigenvalue weighted by Gasteiger charge is -2.38. The maximum absolute atomic E-state index is 11.8. The van der Waals surface area contributed by atoms with Gasteiger partial charge in [0.05, 0.1) is 18.4 Å². The second-order valence-corrected chi connectivity index (χ2v) is 13.4. The summed E-state index contributed by atoms with van der Waals surface area (Å²) in [5, 5.41) is 19.6. The lowest BCUT2D eigenvalue weighted by molar-refractivity contribution is 0.128. The summed E-state index contributed by atoms with van der Waals surface area (Å²) < 4.78 is 4.02. The highest BCUT2D eigenvalue weighted by Gasteiger charge is 2.28. The van der Waals surface area contributed by atoms with Crippen LogP contribution in [-0.4, -0.2) is 35.2 Å². The molecule has 4 aromatic carbocycles. The Morgan fingerprint density at radius 1 is 0.529 bits per heavy atom. The monoisotopic (exact) mass is 678 g/mol. The van der Waals surface area contributed by atoms with Gasteiger partial charge in [0.1, 0.15) is 0 Å². The summed E-state index contributed by atoms with van der Waals surface area (Å²) in [7, 11) is 0. The molecular formula is C43H42N4O4. The Balaban J connectivity index is 0.000000159. The molecule has 2 atom stereocenters. The van der Waals surface area contributed by atoms with Crippen LogP contribution in [0.15, 0.2) is 155 Å². The number of benzene rings is 4. The van der Waals surface area contributed by atoms with E-state index in [0.29, 0.717) is 25.7 Å². The summed E-state index contributed by atoms with van der Waals surface area (Å²) >= 11 is 0. The Bertz CT molecular complexity index is 2170. The Kier molecular flexibility index (Phi) is 10.2. The van der Waals surface area contributed by atoms with Crippen molar-refractivity contribution in [3.05, 3.63) is 200 Å². The first-order chi connectivity index (χ1) is 24.9. The van der Waals surface area contributed by atoms with Crippen LogP contribution in [0.25, 0.3) is 0 Å². The molecule has 0 saturated carbocycles. The molecule has 6 aromatic rings. The molecule has 0 saturated heterocycles. The zero-order valence-corrected chi connectivity index (χ0v) is 28.5. The number of hydrogen-bond acceptors (Lipinski definition) is 6. The molecule has 2 aromatic heterocycles. The average Bonchev–Trinajstić information content (AvgIpc) is 3.15. The summed E-state index contributed by atoms with van der Waals surface area (Å²) in [5.41, 5.74) is 6.31. The number of pyridine rings is 2. The molecule has 51 heavy (non-hydrogen) atoms. The van der Waals surface area contributed by atoms with Gasteiger partial charge in [-0.05, 0) is 28.7 Å². The van der Waals surface area contributed by atoms with E-state index in [2.05, 4.69) is 94.7 Å². The van der Waals surface area contributed by atoms with Gasteiger partial charge in [0.2, 0.25) is 10.9 Å². The predicted molar refractivity (Wildman–Crippen MR) is 199 cm³/mol. The van der Waals surface area contributed by atoms with E-state index in [1.807, 2.05) is 45.5 Å². The minimum atomic E-state index is -0.316. The van der Waals surface area contributed by atoms with E-state index in [0.717, 1.165) is 37.4 Å². The van der Waals surface area contributed by atoms with Crippen molar-refractivity contribution in [1.29, 1.82) is 0 Å². The van der Waals surface area contributed by atoms with Gasteiger partial charge in [-0.2, -0.15) is 0 Å². The third-order valence-corrected chi connectivity index (χ3v) is 9.81. The third kappa shape index (κ3) is 8.20. The zero-order chi connectivity index (χ0) is 35.2. The number of hydrogen-bond donors (Lipinski definition) is 2. The van der Waals surface area contributed by atoms with Crippen LogP contribution in [0, 0.1) is 0 Å². The van der Waals surface area contributed by atoms with Gasteiger partial charge in [0.25, 0.3) is 0 Å². The number of aromatic nitrogens is 2. The first-order valence-corrected chi connectivity index (χ1v) is 17.4. The van der Waals surface area contributed by atoms with Gasteiger partial charge in [-0.25, -0.2) is 0 Å². The standard InChI is InChI=1S/C22H22N2O2.C21H20N2O2/c25-21-12-20-15-23(13-18-9-5-2-6-10-18)19(14-24(20)16-22(21)26)11-17-7-3-1-4-8-17;24-20-11-18-13-23(12-16-7-3-1-4-8-16)19(14-22(18)15-21(20)25)17-9-5-2-6-10-17/h1-10,12,16,19,26H,11,13-15H2;1-11,15,19,25H,12-14H2. The normalized spacial score (nSPS) is 17.1. The molecule has 0 fully saturated rings. The summed E-state index contributed by atoms with van der Waals surface area (Å²) in [6.07, 6.45) is 4.07. The van der Waals surface area contributed by atoms with Crippen LogP contribution < -0.4 is 10.9 Å². The van der Waals surface area contributed by atoms with Gasteiger partial charge in [-0.1, -0.05) is 121 Å². The largest absolute Gasteiger partial charge is 0.503 e. The van der Waals surface area contributed by atoms with Crippen LogP contribution in [0.2, 0.25) is 0 Å². The topological polar surface area (TPSA) is 90.9 Å². The predicted octanol–water partition coefficient (Wildman–Crippen LogP) is 6.49. The molecule has 8 nitrogen and oxygen atoms in total. The fourth-order valence-electron chi connectivity index (χ4n) is 7.18. The molecule has 0 amide bonds. The Hall–Kier alpha value is -5.70. The van der Waals surface area contributed by atoms with Gasteiger partial charge < -0.3 is 19.3 Å². The van der Waals surface area contributed by atoms with Crippen LogP contribution in [0.1, 0.15) is 39.7 Å². The van der Waals surface area contributed by atoms with Crippen LogP contribution in [-0.2, 0) is 45.7 Å². The minimum absolute atomic E-state index is 0.177. The highest BCUT2D eigenvalue weighted by molar-refractivity contribution is 5.27. The highest BCUT2D eigenvalue weighted by atomic mass is 16.3. The molecule has 8 heteroatoms. The third-order valence-electron chi connectivity index (χ3n) is 9.81. The highest BCUT2D eigenvalue weighted by Crippen LogP contribution is 2.31. The summed E-state index contributed by atoms with van der Waals surface area (Å²) in [6, 6.07) is 45.2. The molecule has 2 aliphatic rings. The van der Waals surface area contributed by atoms with Crippen molar-refractivity contribution >= 4 is 0 Å². The molecule has 4 heterocycles. The second-order valence-electron chi connectivity index (χ2n) is 13.4. The smallest absolute Gasteiger partial charge is 0.223 e. The van der Waals surface area contributed by atoms with Gasteiger partial charge in [0, 0.05) is 68.8 Å². The summed E-state index contributed by atoms with van der Waals surface area (Å²) in [4.78, 5) is 28.5. The van der Waals surface area contributed by atoms with Gasteiger partial charge in [-0.3, -0.25) is 19.4 Å². The number of nitrogens with zero attached hydrogens (tertiary/aromatic N) is 4. The quantitative estimate of drug-likeness (QED) is 0.201. The van der Waals surface area contributed by atoms with Crippen molar-refractivity contribution < 1.29 is 10.2 Å². The lowest BCUT2D eigenvalue weighted by Crippen LogP contribution is -2.44. The maximum atomic E-state index is 11.8. The molecule has 0 aliphatic carbocycles. The summed E-state index contributed by atoms with van der Waals surface area (Å²) in [5.74, 6) is -0.365. The maximum Gasteiger partial charge on any atom is 0.223 e. The van der Waals surface area contributed by atoms with Gasteiger partial charge in [-0.15, -0.1) is 0 Å². The van der Waals surface area contributed by atoms with Gasteiger partial charge in [0.15, 0.2) is 11.5 Å². The van der Waals surface area contributed by atoms with E-state index in [-0.39, 0.29) is 28.4 Å². The molecule has 0 spiro atoms. The number of fused-ring (bicyclic) bond motifs is 2. The van der Waals surface area contributed by atoms with E-state index >= 15 is 0 Å². The molecule has 2 N–H and O–H groups in total. The van der Waals surface area contributed by atoms with Crippen molar-refractivity contribution in [2.45, 2.75) is 57.8 Å². The van der Waals surface area contributed by atoms with Crippen molar-refractivity contribution in [3.8, 4) is 11.5 Å². The van der Waals surface area contributed by atoms with Crippen LogP contribution in [0.5, 0.6) is 11.5 Å². The van der Waals surface area contributed by atoms with Gasteiger partial charge >= 0.3 is 0 Å². The Labute approximate surface area is 297 Å². The van der Waals surface area contributed by atoms with Crippen molar-refractivity contribution in [3.63, 3.8) is 0 Å². The van der Waals surface area contributed by atoms with E-state index in [9.17, 15) is 19.8 Å². The van der Waals surface area contributed by atoms with E-state index < -0.39 is 0 Å². The molecule has 0 bridgehead atoms. The Morgan fingerprint density at radius 3 is 1.49 bits per heavy atom. The molecule has 2 unspecified atom stereocenters. The lowest BCUT2D eigenvalue weighted by atomic mass is 10.0. The van der Waals surface area contributed by atoms with Crippen molar-refractivity contribution in [2.24, 2.45) is 0 Å². The molecule has 8 rings (SSSR count). The number of aromatic hydroxyl groups is 2. The minimum Gasteiger partial charge on any atom is -0.503 e. The van der Waals surface area contributed by atoms with Crippen LogP contribution >= 0.6 is 0 Å².